The molecule has 32 heavy (non-hydrogen) atoms. The zero-order valence-corrected chi connectivity index (χ0v) is 18.6. The number of carbonyl (C=O) groups excluding carboxylic acids is 2. The summed E-state index contributed by atoms with van der Waals surface area (Å²) in [4.78, 5) is 31.3. The molecule has 1 saturated heterocycles. The van der Waals surface area contributed by atoms with Crippen molar-refractivity contribution in [3.8, 4) is 0 Å². The Morgan fingerprint density at radius 3 is 2.75 bits per heavy atom. The second-order valence-electron chi connectivity index (χ2n) is 8.13. The molecule has 1 fully saturated rings. The molecule has 1 unspecified atom stereocenters. The minimum atomic E-state index is -0.481. The molecular weight excluding hydrogens is 410 g/mol. The van der Waals surface area contributed by atoms with Crippen LogP contribution in [0.5, 0.6) is 0 Å². The maximum atomic E-state index is 12.9. The fraction of sp³-hybridized carbons (Fsp3) is 0.542. The van der Waals surface area contributed by atoms with Gasteiger partial charge in [0.05, 0.1) is 31.8 Å². The van der Waals surface area contributed by atoms with Gasteiger partial charge in [0.15, 0.2) is 0 Å². The number of piperidine rings is 1. The van der Waals surface area contributed by atoms with Crippen LogP contribution in [0.4, 0.5) is 0 Å². The average molecular weight is 442 g/mol. The molecule has 0 spiro atoms. The normalized spacial score (nSPS) is 18.6. The number of amides is 1. The molecule has 0 N–H and O–H groups in total. The van der Waals surface area contributed by atoms with E-state index in [1.54, 1.807) is 6.07 Å². The molecule has 172 valence electrons. The van der Waals surface area contributed by atoms with Gasteiger partial charge in [-0.05, 0) is 25.8 Å². The largest absolute Gasteiger partial charge is 0.453 e. The number of aromatic nitrogens is 2. The molecule has 1 atom stereocenters. The maximum Gasteiger partial charge on any atom is 0.339 e. The van der Waals surface area contributed by atoms with Crippen LogP contribution in [0, 0.1) is 0 Å². The Bertz CT molecular complexity index is 920. The van der Waals surface area contributed by atoms with Crippen molar-refractivity contribution in [2.75, 3.05) is 39.5 Å². The Balaban J connectivity index is 1.25. The second kappa shape index (κ2) is 10.7. The lowest BCUT2D eigenvalue weighted by Gasteiger charge is -2.32. The van der Waals surface area contributed by atoms with Crippen LogP contribution in [0.3, 0.4) is 0 Å². The molecule has 0 saturated carbocycles. The molecule has 0 bridgehead atoms. The van der Waals surface area contributed by atoms with Gasteiger partial charge < -0.3 is 23.7 Å². The van der Waals surface area contributed by atoms with Gasteiger partial charge in [0.1, 0.15) is 11.9 Å². The number of esters is 1. The minimum absolute atomic E-state index is 0.0315. The van der Waals surface area contributed by atoms with Gasteiger partial charge in [0.25, 0.3) is 0 Å². The third-order valence-corrected chi connectivity index (χ3v) is 6.15. The van der Waals surface area contributed by atoms with Crippen LogP contribution in [0.2, 0.25) is 0 Å². The number of cyclic esters (lactones) is 1. The first-order valence-corrected chi connectivity index (χ1v) is 11.4. The van der Waals surface area contributed by atoms with Crippen LogP contribution >= 0.6 is 0 Å². The van der Waals surface area contributed by atoms with Crippen molar-refractivity contribution in [2.45, 2.75) is 44.8 Å². The van der Waals surface area contributed by atoms with E-state index < -0.39 is 6.10 Å². The van der Waals surface area contributed by atoms with Gasteiger partial charge >= 0.3 is 5.97 Å². The fourth-order valence-corrected chi connectivity index (χ4v) is 4.44. The number of benzene rings is 1. The molecule has 3 heterocycles. The summed E-state index contributed by atoms with van der Waals surface area (Å²) in [5.41, 5.74) is 1.38. The molecular formula is C24H31N3O5. The van der Waals surface area contributed by atoms with E-state index in [1.165, 1.54) is 0 Å². The Labute approximate surface area is 188 Å². The topological polar surface area (TPSA) is 82.9 Å². The summed E-state index contributed by atoms with van der Waals surface area (Å²) < 4.78 is 18.5. The van der Waals surface area contributed by atoms with Gasteiger partial charge in [-0.25, -0.2) is 9.78 Å². The van der Waals surface area contributed by atoms with Crippen LogP contribution in [0.15, 0.2) is 36.7 Å². The molecule has 2 aliphatic rings. The van der Waals surface area contributed by atoms with E-state index in [1.807, 2.05) is 42.4 Å². The number of likely N-dealkylation sites (tertiary alicyclic amines) is 1. The average Bonchev–Trinajstić information content (AvgIpc) is 3.41. The lowest BCUT2D eigenvalue weighted by atomic mass is 9.95. The third kappa shape index (κ3) is 5.19. The Morgan fingerprint density at radius 1 is 1.16 bits per heavy atom. The molecule has 1 amide bonds. The highest BCUT2D eigenvalue weighted by Gasteiger charge is 2.34. The highest BCUT2D eigenvalue weighted by atomic mass is 16.5. The van der Waals surface area contributed by atoms with Gasteiger partial charge in [-0.1, -0.05) is 18.2 Å². The van der Waals surface area contributed by atoms with Crippen molar-refractivity contribution in [1.29, 1.82) is 0 Å². The molecule has 1 aromatic carbocycles. The van der Waals surface area contributed by atoms with Crippen molar-refractivity contribution in [1.82, 2.24) is 14.5 Å². The number of imidazole rings is 1. The minimum Gasteiger partial charge on any atom is -0.453 e. The van der Waals surface area contributed by atoms with E-state index in [0.29, 0.717) is 51.0 Å². The molecule has 4 rings (SSSR count). The highest BCUT2D eigenvalue weighted by Crippen LogP contribution is 2.34. The van der Waals surface area contributed by atoms with Gasteiger partial charge in [-0.2, -0.15) is 0 Å². The smallest absolute Gasteiger partial charge is 0.339 e. The predicted molar refractivity (Wildman–Crippen MR) is 117 cm³/mol. The standard InChI is InChI=1S/C24H31N3O5/c1-2-30-15-16-31-14-13-27-12-9-25-23(27)18-7-10-26(11-8-18)22(28)17-21-19-5-3-4-6-20(19)24(29)32-21/h3-6,9,12,18,21H,2,7-8,10-11,13-17H2,1H3. The van der Waals surface area contributed by atoms with Crippen LogP contribution in [0.1, 0.15) is 60.0 Å². The van der Waals surface area contributed by atoms with Crippen molar-refractivity contribution in [3.05, 3.63) is 53.6 Å². The van der Waals surface area contributed by atoms with Crippen molar-refractivity contribution >= 4 is 11.9 Å². The SMILES string of the molecule is CCOCCOCCn1ccnc1C1CCN(C(=O)CC2OC(=O)c3ccccc32)CC1. The first-order chi connectivity index (χ1) is 15.7. The van der Waals surface area contributed by atoms with Crippen molar-refractivity contribution in [2.24, 2.45) is 0 Å². The van der Waals surface area contributed by atoms with Crippen molar-refractivity contribution in [3.63, 3.8) is 0 Å². The number of nitrogens with zero attached hydrogens (tertiary/aromatic N) is 3. The lowest BCUT2D eigenvalue weighted by molar-refractivity contribution is -0.134. The number of fused-ring (bicyclic) bond motifs is 1. The molecule has 0 radical (unpaired) electrons. The van der Waals surface area contributed by atoms with Gasteiger partial charge in [-0.15, -0.1) is 0 Å². The number of hydrogen-bond acceptors (Lipinski definition) is 6. The Kier molecular flexibility index (Phi) is 7.55. The number of carbonyl (C=O) groups is 2. The summed E-state index contributed by atoms with van der Waals surface area (Å²) >= 11 is 0. The van der Waals surface area contributed by atoms with E-state index in [0.717, 1.165) is 30.8 Å². The summed E-state index contributed by atoms with van der Waals surface area (Å²) in [5.74, 6) is 1.07. The number of rotatable bonds is 10. The Hall–Kier alpha value is -2.71. The number of hydrogen-bond donors (Lipinski definition) is 0. The molecule has 8 heteroatoms. The fourth-order valence-electron chi connectivity index (χ4n) is 4.44. The van der Waals surface area contributed by atoms with Crippen LogP contribution in [-0.2, 0) is 25.5 Å². The molecule has 2 aromatic rings. The van der Waals surface area contributed by atoms with E-state index in [2.05, 4.69) is 9.55 Å². The molecule has 0 aliphatic carbocycles. The summed E-state index contributed by atoms with van der Waals surface area (Å²) in [5, 5.41) is 0. The van der Waals surface area contributed by atoms with Gasteiger partial charge in [0.2, 0.25) is 5.91 Å². The molecule has 2 aliphatic heterocycles. The summed E-state index contributed by atoms with van der Waals surface area (Å²) in [6, 6.07) is 7.30. The zero-order chi connectivity index (χ0) is 22.3. The molecule has 8 nitrogen and oxygen atoms in total. The third-order valence-electron chi connectivity index (χ3n) is 6.15. The quantitative estimate of drug-likeness (QED) is 0.416. The second-order valence-corrected chi connectivity index (χ2v) is 8.13. The van der Waals surface area contributed by atoms with E-state index in [-0.39, 0.29) is 18.3 Å². The van der Waals surface area contributed by atoms with Crippen molar-refractivity contribution < 1.29 is 23.8 Å². The first kappa shape index (κ1) is 22.5. The zero-order valence-electron chi connectivity index (χ0n) is 18.6. The monoisotopic (exact) mass is 441 g/mol. The van der Waals surface area contributed by atoms with Crippen LogP contribution in [0.25, 0.3) is 0 Å². The molecule has 1 aromatic heterocycles. The van der Waals surface area contributed by atoms with E-state index in [9.17, 15) is 9.59 Å². The van der Waals surface area contributed by atoms with E-state index >= 15 is 0 Å². The van der Waals surface area contributed by atoms with Crippen LogP contribution < -0.4 is 0 Å². The summed E-state index contributed by atoms with van der Waals surface area (Å²) in [6.45, 7) is 6.63. The van der Waals surface area contributed by atoms with Gasteiger partial charge in [-0.3, -0.25) is 4.79 Å². The van der Waals surface area contributed by atoms with Gasteiger partial charge in [0, 0.05) is 50.1 Å². The summed E-state index contributed by atoms with van der Waals surface area (Å²) in [7, 11) is 0. The number of ether oxygens (including phenoxy) is 3. The lowest BCUT2D eigenvalue weighted by Crippen LogP contribution is -2.39. The summed E-state index contributed by atoms with van der Waals surface area (Å²) in [6.07, 6.45) is 5.28. The Morgan fingerprint density at radius 2 is 1.94 bits per heavy atom. The maximum absolute atomic E-state index is 12.9. The van der Waals surface area contributed by atoms with Crippen LogP contribution in [-0.4, -0.2) is 65.8 Å². The first-order valence-electron chi connectivity index (χ1n) is 11.4. The predicted octanol–water partition coefficient (Wildman–Crippen LogP) is 2.94. The highest BCUT2D eigenvalue weighted by molar-refractivity contribution is 5.94. The van der Waals surface area contributed by atoms with E-state index in [4.69, 9.17) is 14.2 Å².